The number of fused-ring (bicyclic) bond motifs is 1. The maximum absolute atomic E-state index is 12.7. The lowest BCUT2D eigenvalue weighted by molar-refractivity contribution is -0.136. The Bertz CT molecular complexity index is 761. The van der Waals surface area contributed by atoms with Crippen LogP contribution in [0.5, 0.6) is 0 Å². The van der Waals surface area contributed by atoms with Gasteiger partial charge in [-0.25, -0.2) is 0 Å². The van der Waals surface area contributed by atoms with Crippen LogP contribution in [-0.4, -0.2) is 47.2 Å². The van der Waals surface area contributed by atoms with Gasteiger partial charge in [-0.3, -0.25) is 29.4 Å². The lowest BCUT2D eigenvalue weighted by atomic mass is 10.0. The van der Waals surface area contributed by atoms with E-state index < -0.39 is 29.7 Å². The first-order valence-corrected chi connectivity index (χ1v) is 8.27. The van der Waals surface area contributed by atoms with Crippen molar-refractivity contribution >= 4 is 29.3 Å². The molecule has 1 aromatic carbocycles. The molecule has 8 nitrogen and oxygen atoms in total. The SMILES string of the molecule is CC[C@@H](N)CNc1ccc2c(c1)C(=O)N(C1CCC(=O)NC1=O)C2=O. The average molecular weight is 344 g/mol. The smallest absolute Gasteiger partial charge is 0.262 e. The summed E-state index contributed by atoms with van der Waals surface area (Å²) in [6.07, 6.45) is 1.07. The molecule has 2 aliphatic heterocycles. The largest absolute Gasteiger partial charge is 0.383 e. The summed E-state index contributed by atoms with van der Waals surface area (Å²) in [7, 11) is 0. The highest BCUT2D eigenvalue weighted by atomic mass is 16.2. The molecule has 2 atom stereocenters. The van der Waals surface area contributed by atoms with Gasteiger partial charge in [0.05, 0.1) is 11.1 Å². The molecule has 0 aromatic heterocycles. The van der Waals surface area contributed by atoms with E-state index in [1.165, 1.54) is 0 Å². The number of rotatable bonds is 5. The van der Waals surface area contributed by atoms with Crippen molar-refractivity contribution in [1.82, 2.24) is 10.2 Å². The lowest BCUT2D eigenvalue weighted by Gasteiger charge is -2.27. The van der Waals surface area contributed by atoms with Gasteiger partial charge in [0.15, 0.2) is 0 Å². The topological polar surface area (TPSA) is 122 Å². The zero-order chi connectivity index (χ0) is 18.1. The van der Waals surface area contributed by atoms with Crippen LogP contribution in [0.1, 0.15) is 46.9 Å². The molecule has 1 aromatic rings. The van der Waals surface area contributed by atoms with Crippen LogP contribution in [0.15, 0.2) is 18.2 Å². The minimum atomic E-state index is -0.949. The fraction of sp³-hybridized carbons (Fsp3) is 0.412. The minimum absolute atomic E-state index is 0.00874. The Morgan fingerprint density at radius 2 is 1.96 bits per heavy atom. The highest BCUT2D eigenvalue weighted by Crippen LogP contribution is 2.29. The molecule has 1 fully saturated rings. The Kier molecular flexibility index (Phi) is 4.54. The molecule has 0 saturated carbocycles. The van der Waals surface area contributed by atoms with Crippen molar-refractivity contribution in [3.8, 4) is 0 Å². The third-order valence-corrected chi connectivity index (χ3v) is 4.53. The first-order valence-electron chi connectivity index (χ1n) is 8.27. The van der Waals surface area contributed by atoms with Gasteiger partial charge in [-0.2, -0.15) is 0 Å². The quantitative estimate of drug-likeness (QED) is 0.658. The summed E-state index contributed by atoms with van der Waals surface area (Å²) >= 11 is 0. The van der Waals surface area contributed by atoms with Gasteiger partial charge in [-0.05, 0) is 31.0 Å². The van der Waals surface area contributed by atoms with Gasteiger partial charge in [0.2, 0.25) is 11.8 Å². The third-order valence-electron chi connectivity index (χ3n) is 4.53. The van der Waals surface area contributed by atoms with E-state index in [1.807, 2.05) is 6.92 Å². The van der Waals surface area contributed by atoms with E-state index >= 15 is 0 Å². The van der Waals surface area contributed by atoms with E-state index in [4.69, 9.17) is 5.73 Å². The van der Waals surface area contributed by atoms with Gasteiger partial charge < -0.3 is 11.1 Å². The molecule has 4 N–H and O–H groups in total. The molecule has 0 bridgehead atoms. The highest BCUT2D eigenvalue weighted by Gasteiger charge is 2.44. The van der Waals surface area contributed by atoms with Gasteiger partial charge >= 0.3 is 0 Å². The zero-order valence-electron chi connectivity index (χ0n) is 13.9. The van der Waals surface area contributed by atoms with Crippen LogP contribution in [0.4, 0.5) is 5.69 Å². The lowest BCUT2D eigenvalue weighted by Crippen LogP contribution is -2.54. The predicted molar refractivity (Wildman–Crippen MR) is 89.9 cm³/mol. The van der Waals surface area contributed by atoms with Gasteiger partial charge in [0, 0.05) is 24.7 Å². The number of imide groups is 2. The maximum atomic E-state index is 12.7. The Morgan fingerprint density at radius 3 is 2.64 bits per heavy atom. The molecular weight excluding hydrogens is 324 g/mol. The van der Waals surface area contributed by atoms with Gasteiger partial charge in [0.25, 0.3) is 11.8 Å². The molecule has 25 heavy (non-hydrogen) atoms. The van der Waals surface area contributed by atoms with E-state index in [-0.39, 0.29) is 30.0 Å². The second-order valence-electron chi connectivity index (χ2n) is 6.26. The summed E-state index contributed by atoms with van der Waals surface area (Å²) in [4.78, 5) is 49.5. The van der Waals surface area contributed by atoms with Crippen LogP contribution < -0.4 is 16.4 Å². The number of nitrogens with two attached hydrogens (primary N) is 1. The number of hydrogen-bond donors (Lipinski definition) is 3. The molecule has 8 heteroatoms. The monoisotopic (exact) mass is 344 g/mol. The summed E-state index contributed by atoms with van der Waals surface area (Å²) in [5.74, 6) is -2.03. The number of piperidine rings is 1. The van der Waals surface area contributed by atoms with Gasteiger partial charge in [0.1, 0.15) is 6.04 Å². The summed E-state index contributed by atoms with van der Waals surface area (Å²) in [5.41, 5.74) is 7.07. The van der Waals surface area contributed by atoms with Crippen LogP contribution in [0.2, 0.25) is 0 Å². The Balaban J connectivity index is 1.82. The number of nitrogens with one attached hydrogen (secondary N) is 2. The molecule has 1 saturated heterocycles. The zero-order valence-corrected chi connectivity index (χ0v) is 13.9. The summed E-state index contributed by atoms with van der Waals surface area (Å²) in [5, 5.41) is 5.31. The molecule has 4 amide bonds. The van der Waals surface area contributed by atoms with E-state index in [2.05, 4.69) is 10.6 Å². The van der Waals surface area contributed by atoms with Crippen LogP contribution in [-0.2, 0) is 9.59 Å². The normalized spacial score (nSPS) is 21.2. The molecule has 3 rings (SSSR count). The molecular formula is C17H20N4O4. The summed E-state index contributed by atoms with van der Waals surface area (Å²) < 4.78 is 0. The van der Waals surface area contributed by atoms with Crippen molar-refractivity contribution in [3.05, 3.63) is 29.3 Å². The average Bonchev–Trinajstić information content (AvgIpc) is 2.84. The molecule has 2 heterocycles. The number of nitrogens with zero attached hydrogens (tertiary/aromatic N) is 1. The number of amides is 4. The van der Waals surface area contributed by atoms with E-state index in [0.717, 1.165) is 11.3 Å². The first kappa shape index (κ1) is 17.1. The second-order valence-corrected chi connectivity index (χ2v) is 6.26. The summed E-state index contributed by atoms with van der Waals surface area (Å²) in [6.45, 7) is 2.53. The fourth-order valence-electron chi connectivity index (χ4n) is 2.97. The van der Waals surface area contributed by atoms with Crippen LogP contribution in [0.3, 0.4) is 0 Å². The standard InChI is InChI=1S/C17H20N4O4/c1-2-9(18)8-19-10-3-4-11-12(7-10)17(25)21(16(11)24)13-5-6-14(22)20-15(13)23/h3-4,7,9,13,19H,2,5-6,8,18H2,1H3,(H,20,22,23)/t9-,13?/m1/s1. The Morgan fingerprint density at radius 1 is 1.24 bits per heavy atom. The van der Waals surface area contributed by atoms with Crippen molar-refractivity contribution in [1.29, 1.82) is 0 Å². The van der Waals surface area contributed by atoms with Crippen LogP contribution >= 0.6 is 0 Å². The third kappa shape index (κ3) is 3.12. The van der Waals surface area contributed by atoms with Crippen molar-refractivity contribution in [2.24, 2.45) is 5.73 Å². The van der Waals surface area contributed by atoms with Crippen molar-refractivity contribution in [3.63, 3.8) is 0 Å². The number of benzene rings is 1. The molecule has 0 spiro atoms. The van der Waals surface area contributed by atoms with Gasteiger partial charge in [-0.1, -0.05) is 6.92 Å². The van der Waals surface area contributed by atoms with E-state index in [9.17, 15) is 19.2 Å². The number of carbonyl (C=O) groups excluding carboxylic acids is 4. The van der Waals surface area contributed by atoms with E-state index in [0.29, 0.717) is 12.2 Å². The second kappa shape index (κ2) is 6.64. The minimum Gasteiger partial charge on any atom is -0.383 e. The molecule has 0 radical (unpaired) electrons. The van der Waals surface area contributed by atoms with Crippen molar-refractivity contribution in [2.45, 2.75) is 38.3 Å². The Labute approximate surface area is 144 Å². The van der Waals surface area contributed by atoms with Crippen molar-refractivity contribution < 1.29 is 19.2 Å². The number of carbonyl (C=O) groups is 4. The number of anilines is 1. The molecule has 0 aliphatic carbocycles. The van der Waals surface area contributed by atoms with Crippen LogP contribution in [0.25, 0.3) is 0 Å². The molecule has 2 aliphatic rings. The Hall–Kier alpha value is -2.74. The number of hydrogen-bond acceptors (Lipinski definition) is 6. The van der Waals surface area contributed by atoms with Crippen molar-refractivity contribution in [2.75, 3.05) is 11.9 Å². The van der Waals surface area contributed by atoms with Crippen LogP contribution in [0, 0.1) is 0 Å². The molecule has 1 unspecified atom stereocenters. The highest BCUT2D eigenvalue weighted by molar-refractivity contribution is 6.23. The predicted octanol–water partition coefficient (Wildman–Crippen LogP) is 0.237. The first-order chi connectivity index (χ1) is 11.9. The summed E-state index contributed by atoms with van der Waals surface area (Å²) in [6, 6.07) is 3.92. The fourth-order valence-corrected chi connectivity index (χ4v) is 2.97. The van der Waals surface area contributed by atoms with Gasteiger partial charge in [-0.15, -0.1) is 0 Å². The molecule has 132 valence electrons. The van der Waals surface area contributed by atoms with E-state index in [1.54, 1.807) is 18.2 Å². The maximum Gasteiger partial charge on any atom is 0.262 e.